The van der Waals surface area contributed by atoms with Gasteiger partial charge >= 0.3 is 0 Å². The first-order valence-electron chi connectivity index (χ1n) is 0. The first-order valence-corrected chi connectivity index (χ1v) is 0. The zero-order valence-corrected chi connectivity index (χ0v) is 7.85. The topological polar surface area (TPSA) is 0 Å². The molecule has 4 heavy (non-hydrogen) atoms. The van der Waals surface area contributed by atoms with E-state index in [1.807, 2.05) is 0 Å². The summed E-state index contributed by atoms with van der Waals surface area (Å²) in [5, 5.41) is 0. The van der Waals surface area contributed by atoms with Crippen LogP contribution in [0.15, 0.2) is 0 Å². The minimum Gasteiger partial charge on any atom is 0 e. The summed E-state index contributed by atoms with van der Waals surface area (Å²) in [6, 6.07) is 0. The van der Waals surface area contributed by atoms with Gasteiger partial charge in [0.25, 0.3) is 0 Å². The molecule has 0 spiro atoms. The third-order valence-corrected chi connectivity index (χ3v) is 0. The fraction of sp³-hybridized carbons (Fsp3) is 0. The van der Waals surface area contributed by atoms with Crippen LogP contribution in [0.25, 0.3) is 0 Å². The van der Waals surface area contributed by atoms with Crippen molar-refractivity contribution >= 4 is 0 Å². The largest absolute Gasteiger partial charge is 0 e. The number of hydrogen-bond donors (Lipinski definition) is 0. The normalized spacial score (nSPS) is 0. The zero-order valence-electron chi connectivity index (χ0n) is 1.69. The van der Waals surface area contributed by atoms with Crippen LogP contribution in [-0.4, -0.2) is 0 Å². The fourth-order valence-corrected chi connectivity index (χ4v) is 0. The molecule has 0 saturated heterocycles. The second kappa shape index (κ2) is 17.5. The zero-order chi connectivity index (χ0) is 0. The Kier molecular flexibility index (Phi) is 133. The first kappa shape index (κ1) is 30.4. The van der Waals surface area contributed by atoms with Gasteiger partial charge in [0, 0.05) is 81.8 Å². The minimum atomic E-state index is 0. The van der Waals surface area contributed by atoms with Gasteiger partial charge in [0.1, 0.15) is 0 Å². The SMILES string of the molecule is [Co].[Fe].[Ti].[Zr]. The maximum atomic E-state index is 0. The molecular weight excluding hydrogens is 254 g/mol. The standard InChI is InChI=1S/Co.Fe.Ti.Zr. The van der Waals surface area contributed by atoms with E-state index in [0.29, 0.717) is 0 Å². The molecule has 25 valence electrons. The summed E-state index contributed by atoms with van der Waals surface area (Å²) in [5.41, 5.74) is 0. The summed E-state index contributed by atoms with van der Waals surface area (Å²) in [6.07, 6.45) is 0. The van der Waals surface area contributed by atoms with E-state index in [9.17, 15) is 0 Å². The van der Waals surface area contributed by atoms with Crippen molar-refractivity contribution in [1.29, 1.82) is 0 Å². The smallest absolute Gasteiger partial charge is 0 e. The van der Waals surface area contributed by atoms with Crippen molar-refractivity contribution in [1.82, 2.24) is 0 Å². The van der Waals surface area contributed by atoms with Crippen LogP contribution in [0.3, 0.4) is 0 Å². The van der Waals surface area contributed by atoms with E-state index >= 15 is 0 Å². The van der Waals surface area contributed by atoms with Crippen molar-refractivity contribution in [3.8, 4) is 0 Å². The maximum absolute atomic E-state index is 0. The Morgan fingerprint density at radius 3 is 1.00 bits per heavy atom. The Labute approximate surface area is 80.5 Å². The van der Waals surface area contributed by atoms with Crippen LogP contribution < -0.4 is 0 Å². The Hall–Kier alpha value is 2.62. The van der Waals surface area contributed by atoms with Crippen LogP contribution >= 0.6 is 0 Å². The predicted octanol–water partition coefficient (Wildman–Crippen LogP) is -0.0100. The van der Waals surface area contributed by atoms with Gasteiger partial charge in [-0.3, -0.25) is 0 Å². The third kappa shape index (κ3) is 8.82. The summed E-state index contributed by atoms with van der Waals surface area (Å²) >= 11 is 0. The summed E-state index contributed by atoms with van der Waals surface area (Å²) in [4.78, 5) is 0. The Bertz CT molecular complexity index is 8.00. The van der Waals surface area contributed by atoms with Gasteiger partial charge in [-0.1, -0.05) is 0 Å². The molecule has 0 amide bonds. The van der Waals surface area contributed by atoms with Gasteiger partial charge in [0.2, 0.25) is 0 Å². The molecule has 0 heterocycles. The van der Waals surface area contributed by atoms with Gasteiger partial charge in [0.05, 0.1) is 0 Å². The molecular formula is CoFeTiZr. The molecule has 0 atom stereocenters. The van der Waals surface area contributed by atoms with E-state index < -0.39 is 0 Å². The molecule has 0 aromatic rings. The quantitative estimate of drug-likeness (QED) is 0.533. The van der Waals surface area contributed by atoms with E-state index in [1.165, 1.54) is 0 Å². The van der Waals surface area contributed by atoms with Crippen LogP contribution in [0.2, 0.25) is 0 Å². The van der Waals surface area contributed by atoms with Gasteiger partial charge in [0.15, 0.2) is 0 Å². The van der Waals surface area contributed by atoms with Crippen molar-refractivity contribution in [3.63, 3.8) is 0 Å². The van der Waals surface area contributed by atoms with E-state index in [2.05, 4.69) is 0 Å². The minimum absolute atomic E-state index is 0. The molecule has 0 aliphatic rings. The van der Waals surface area contributed by atoms with Gasteiger partial charge in [-0.05, 0) is 0 Å². The van der Waals surface area contributed by atoms with E-state index in [0.717, 1.165) is 0 Å². The Morgan fingerprint density at radius 2 is 1.00 bits per heavy atom. The van der Waals surface area contributed by atoms with Crippen LogP contribution in [-0.2, 0) is 81.8 Å². The van der Waals surface area contributed by atoms with Gasteiger partial charge in [-0.25, -0.2) is 0 Å². The van der Waals surface area contributed by atoms with Crippen molar-refractivity contribution in [2.75, 3.05) is 0 Å². The monoisotopic (exact) mass is 253 g/mol. The molecule has 0 aromatic heterocycles. The molecule has 0 aliphatic carbocycles. The first-order chi connectivity index (χ1) is 0. The molecule has 0 aromatic carbocycles. The second-order valence-electron chi connectivity index (χ2n) is 0. The van der Waals surface area contributed by atoms with Crippen LogP contribution in [0.4, 0.5) is 0 Å². The molecule has 0 N–H and O–H groups in total. The summed E-state index contributed by atoms with van der Waals surface area (Å²) in [6.45, 7) is 0. The van der Waals surface area contributed by atoms with E-state index in [-0.39, 0.29) is 81.8 Å². The number of hydrogen-bond acceptors (Lipinski definition) is 0. The Morgan fingerprint density at radius 1 is 1.00 bits per heavy atom. The molecule has 0 fully saturated rings. The van der Waals surface area contributed by atoms with Crippen molar-refractivity contribution in [2.45, 2.75) is 0 Å². The van der Waals surface area contributed by atoms with Crippen molar-refractivity contribution in [3.05, 3.63) is 0 Å². The van der Waals surface area contributed by atoms with Crippen molar-refractivity contribution < 1.29 is 81.8 Å². The predicted molar refractivity (Wildman–Crippen MR) is 0 cm³/mol. The molecule has 1 radical (unpaired) electrons. The molecule has 0 saturated carbocycles. The molecule has 0 bridgehead atoms. The molecule has 0 rings (SSSR count). The molecule has 0 aliphatic heterocycles. The summed E-state index contributed by atoms with van der Waals surface area (Å²) in [5.74, 6) is 0. The fourth-order valence-electron chi connectivity index (χ4n) is 0. The maximum Gasteiger partial charge on any atom is 0 e. The van der Waals surface area contributed by atoms with Crippen LogP contribution in [0.5, 0.6) is 0 Å². The average Bonchev–Trinajstić information content (AvgIpc) is 0. The summed E-state index contributed by atoms with van der Waals surface area (Å²) < 4.78 is 0. The molecule has 0 nitrogen and oxygen atoms in total. The third-order valence-electron chi connectivity index (χ3n) is 0. The molecule has 0 unspecified atom stereocenters. The summed E-state index contributed by atoms with van der Waals surface area (Å²) in [7, 11) is 0. The average molecular weight is 254 g/mol. The van der Waals surface area contributed by atoms with Gasteiger partial charge in [-0.2, -0.15) is 0 Å². The van der Waals surface area contributed by atoms with Crippen LogP contribution in [0.1, 0.15) is 0 Å². The van der Waals surface area contributed by atoms with Gasteiger partial charge < -0.3 is 0 Å². The molecule has 4 heteroatoms. The van der Waals surface area contributed by atoms with E-state index in [4.69, 9.17) is 0 Å². The Balaban J connectivity index is 0. The van der Waals surface area contributed by atoms with E-state index in [1.54, 1.807) is 0 Å². The number of rotatable bonds is 0. The van der Waals surface area contributed by atoms with Gasteiger partial charge in [-0.15, -0.1) is 0 Å². The van der Waals surface area contributed by atoms with Crippen LogP contribution in [0, 0.1) is 0 Å². The second-order valence-corrected chi connectivity index (χ2v) is 0. The van der Waals surface area contributed by atoms with Crippen molar-refractivity contribution in [2.24, 2.45) is 0 Å².